The lowest BCUT2D eigenvalue weighted by Gasteiger charge is -2.40. The summed E-state index contributed by atoms with van der Waals surface area (Å²) < 4.78 is 5.28. The fraction of sp³-hybridized carbons (Fsp3) is 0.300. The van der Waals surface area contributed by atoms with Gasteiger partial charge in [-0.3, -0.25) is 14.5 Å². The summed E-state index contributed by atoms with van der Waals surface area (Å²) >= 11 is 0. The van der Waals surface area contributed by atoms with E-state index in [9.17, 15) is 9.59 Å². The molecule has 0 spiro atoms. The van der Waals surface area contributed by atoms with Gasteiger partial charge in [-0.1, -0.05) is 42.5 Å². The summed E-state index contributed by atoms with van der Waals surface area (Å²) in [5.41, 5.74) is 7.22. The number of carbonyl (C=O) groups excluding carboxylic acids is 2. The Labute approximate surface area is 153 Å². The maximum Gasteiger partial charge on any atom is 0.258 e. The Hall–Kier alpha value is -2.86. The number of nitrogens with zero attached hydrogens (tertiary/aromatic N) is 2. The fourth-order valence-corrected chi connectivity index (χ4v) is 3.29. The van der Waals surface area contributed by atoms with Gasteiger partial charge in [-0.05, 0) is 17.7 Å². The third-order valence-corrected chi connectivity index (χ3v) is 4.64. The molecule has 0 aliphatic carbocycles. The molecule has 2 N–H and O–H groups in total. The number of hydrogen-bond donors (Lipinski definition) is 1. The third-order valence-electron chi connectivity index (χ3n) is 4.64. The van der Waals surface area contributed by atoms with Crippen molar-refractivity contribution >= 4 is 11.8 Å². The molecule has 3 rings (SSSR count). The molecule has 1 fully saturated rings. The molecule has 0 unspecified atom stereocenters. The molecular formula is C20H23N3O3. The molecule has 1 aliphatic rings. The summed E-state index contributed by atoms with van der Waals surface area (Å²) in [5.74, 6) is -0.232. The first-order valence-electron chi connectivity index (χ1n) is 8.59. The second-order valence-electron chi connectivity index (χ2n) is 6.34. The van der Waals surface area contributed by atoms with Crippen molar-refractivity contribution in [2.24, 2.45) is 5.73 Å². The van der Waals surface area contributed by atoms with Crippen LogP contribution in [0.25, 0.3) is 0 Å². The second kappa shape index (κ2) is 8.01. The normalized spacial score (nSPS) is 17.7. The molecule has 0 bridgehead atoms. The molecule has 1 heterocycles. The average Bonchev–Trinajstić information content (AvgIpc) is 2.68. The van der Waals surface area contributed by atoms with Crippen molar-refractivity contribution in [3.63, 3.8) is 0 Å². The van der Waals surface area contributed by atoms with Crippen LogP contribution in [0.2, 0.25) is 0 Å². The number of piperazine rings is 1. The van der Waals surface area contributed by atoms with Crippen LogP contribution in [0.1, 0.15) is 15.9 Å². The lowest BCUT2D eigenvalue weighted by molar-refractivity contribution is -0.124. The number of ether oxygens (including phenoxy) is 1. The van der Waals surface area contributed by atoms with Gasteiger partial charge in [0.25, 0.3) is 5.91 Å². The van der Waals surface area contributed by atoms with Crippen LogP contribution < -0.4 is 10.5 Å². The largest absolute Gasteiger partial charge is 0.496 e. The lowest BCUT2D eigenvalue weighted by Crippen LogP contribution is -2.59. The maximum absolute atomic E-state index is 13.0. The number of rotatable bonds is 5. The number of amides is 2. The minimum absolute atomic E-state index is 0.231. The van der Waals surface area contributed by atoms with E-state index >= 15 is 0 Å². The first kappa shape index (κ1) is 17.9. The zero-order valence-electron chi connectivity index (χ0n) is 14.8. The topological polar surface area (TPSA) is 75.9 Å². The summed E-state index contributed by atoms with van der Waals surface area (Å²) in [5, 5.41) is 0. The van der Waals surface area contributed by atoms with Gasteiger partial charge >= 0.3 is 0 Å². The van der Waals surface area contributed by atoms with E-state index in [1.807, 2.05) is 30.3 Å². The van der Waals surface area contributed by atoms with Gasteiger partial charge in [-0.2, -0.15) is 0 Å². The van der Waals surface area contributed by atoms with E-state index in [4.69, 9.17) is 10.5 Å². The van der Waals surface area contributed by atoms with Crippen LogP contribution in [-0.2, 0) is 11.3 Å². The van der Waals surface area contributed by atoms with Crippen molar-refractivity contribution in [3.8, 4) is 5.75 Å². The Morgan fingerprint density at radius 2 is 1.77 bits per heavy atom. The predicted octanol–water partition coefficient (Wildman–Crippen LogP) is 1.51. The molecule has 6 nitrogen and oxygen atoms in total. The number of primary amides is 1. The Morgan fingerprint density at radius 1 is 1.08 bits per heavy atom. The van der Waals surface area contributed by atoms with E-state index in [1.54, 1.807) is 29.2 Å². The number of carbonyl (C=O) groups is 2. The Morgan fingerprint density at radius 3 is 2.46 bits per heavy atom. The van der Waals surface area contributed by atoms with Crippen molar-refractivity contribution in [3.05, 3.63) is 65.7 Å². The van der Waals surface area contributed by atoms with Gasteiger partial charge in [0.1, 0.15) is 11.8 Å². The fourth-order valence-electron chi connectivity index (χ4n) is 3.29. The number of nitrogens with two attached hydrogens (primary N) is 1. The molecule has 2 amide bonds. The molecule has 1 atom stereocenters. The third kappa shape index (κ3) is 3.86. The van der Waals surface area contributed by atoms with Crippen LogP contribution in [0.15, 0.2) is 54.6 Å². The highest BCUT2D eigenvalue weighted by molar-refractivity contribution is 5.99. The zero-order valence-corrected chi connectivity index (χ0v) is 14.8. The summed E-state index contributed by atoms with van der Waals surface area (Å²) in [6.07, 6.45) is 0. The van der Waals surface area contributed by atoms with Gasteiger partial charge in [-0.25, -0.2) is 0 Å². The molecular weight excluding hydrogens is 330 g/mol. The smallest absolute Gasteiger partial charge is 0.258 e. The second-order valence-corrected chi connectivity index (χ2v) is 6.34. The van der Waals surface area contributed by atoms with Crippen LogP contribution >= 0.6 is 0 Å². The van der Waals surface area contributed by atoms with Crippen LogP contribution in [0.5, 0.6) is 5.75 Å². The van der Waals surface area contributed by atoms with E-state index in [2.05, 4.69) is 4.90 Å². The van der Waals surface area contributed by atoms with Gasteiger partial charge in [-0.15, -0.1) is 0 Å². The van der Waals surface area contributed by atoms with Gasteiger partial charge < -0.3 is 15.4 Å². The molecule has 26 heavy (non-hydrogen) atoms. The highest BCUT2D eigenvalue weighted by atomic mass is 16.5. The van der Waals surface area contributed by atoms with E-state index < -0.39 is 11.9 Å². The lowest BCUT2D eigenvalue weighted by atomic mass is 10.1. The molecule has 1 saturated heterocycles. The van der Waals surface area contributed by atoms with Crippen molar-refractivity contribution in [1.82, 2.24) is 9.80 Å². The highest BCUT2D eigenvalue weighted by Gasteiger charge is 2.35. The molecule has 2 aromatic rings. The predicted molar refractivity (Wildman–Crippen MR) is 98.7 cm³/mol. The first-order valence-corrected chi connectivity index (χ1v) is 8.59. The monoisotopic (exact) mass is 353 g/mol. The van der Waals surface area contributed by atoms with Crippen molar-refractivity contribution in [2.45, 2.75) is 12.6 Å². The van der Waals surface area contributed by atoms with Gasteiger partial charge in [0, 0.05) is 26.2 Å². The molecule has 2 aromatic carbocycles. The standard InChI is InChI=1S/C20H23N3O3/c1-26-18-10-6-5-9-16(18)20(25)23-12-11-22(14-17(23)19(21)24)13-15-7-3-2-4-8-15/h2-10,17H,11-14H2,1H3,(H2,21,24)/t17-/m1/s1. The van der Waals surface area contributed by atoms with E-state index in [0.29, 0.717) is 30.9 Å². The maximum atomic E-state index is 13.0. The summed E-state index contributed by atoms with van der Waals surface area (Å²) in [6.45, 7) is 2.27. The molecule has 6 heteroatoms. The quantitative estimate of drug-likeness (QED) is 0.884. The number of hydrogen-bond acceptors (Lipinski definition) is 4. The SMILES string of the molecule is COc1ccccc1C(=O)N1CCN(Cc2ccccc2)C[C@@H]1C(N)=O. The molecule has 1 aliphatic heterocycles. The Bertz CT molecular complexity index is 779. The number of methoxy groups -OCH3 is 1. The number of benzene rings is 2. The average molecular weight is 353 g/mol. The molecule has 0 aromatic heterocycles. The highest BCUT2D eigenvalue weighted by Crippen LogP contribution is 2.22. The molecule has 0 saturated carbocycles. The van der Waals surface area contributed by atoms with Gasteiger partial charge in [0.2, 0.25) is 5.91 Å². The van der Waals surface area contributed by atoms with Crippen molar-refractivity contribution < 1.29 is 14.3 Å². The number of para-hydroxylation sites is 1. The summed E-state index contributed by atoms with van der Waals surface area (Å²) in [7, 11) is 1.52. The van der Waals surface area contributed by atoms with Gasteiger partial charge in [0.05, 0.1) is 12.7 Å². The molecule has 0 radical (unpaired) electrons. The Balaban J connectivity index is 1.76. The molecule has 136 valence electrons. The first-order chi connectivity index (χ1) is 12.6. The van der Waals surface area contributed by atoms with Crippen LogP contribution in [0.3, 0.4) is 0 Å². The van der Waals surface area contributed by atoms with Gasteiger partial charge in [0.15, 0.2) is 0 Å². The van der Waals surface area contributed by atoms with E-state index in [-0.39, 0.29) is 5.91 Å². The van der Waals surface area contributed by atoms with Crippen molar-refractivity contribution in [2.75, 3.05) is 26.7 Å². The van der Waals surface area contributed by atoms with E-state index in [1.165, 1.54) is 12.7 Å². The van der Waals surface area contributed by atoms with Crippen LogP contribution in [0, 0.1) is 0 Å². The van der Waals surface area contributed by atoms with Crippen LogP contribution in [0.4, 0.5) is 0 Å². The van der Waals surface area contributed by atoms with Crippen molar-refractivity contribution in [1.29, 1.82) is 0 Å². The summed E-state index contributed by atoms with van der Waals surface area (Å²) in [4.78, 5) is 28.7. The van der Waals surface area contributed by atoms with Crippen LogP contribution in [-0.4, -0.2) is 54.4 Å². The minimum Gasteiger partial charge on any atom is -0.496 e. The van der Waals surface area contributed by atoms with E-state index in [0.717, 1.165) is 6.54 Å². The Kier molecular flexibility index (Phi) is 5.53. The summed E-state index contributed by atoms with van der Waals surface area (Å²) in [6, 6.07) is 16.4. The zero-order chi connectivity index (χ0) is 18.5. The minimum atomic E-state index is -0.662.